The molecular formula is C11H13Br2N3O3. The van der Waals surface area contributed by atoms with Crippen LogP contribution in [0.15, 0.2) is 26.0 Å². The topological polar surface area (TPSA) is 86.4 Å². The van der Waals surface area contributed by atoms with Crippen LogP contribution < -0.4 is 16.8 Å². The first kappa shape index (κ1) is 14.7. The number of aromatic nitrogens is 1. The first-order chi connectivity index (χ1) is 9.01. The zero-order valence-electron chi connectivity index (χ0n) is 9.94. The lowest BCUT2D eigenvalue weighted by Crippen LogP contribution is -2.39. The fraction of sp³-hybridized carbons (Fsp3) is 0.455. The first-order valence-electron chi connectivity index (χ1n) is 5.72. The summed E-state index contributed by atoms with van der Waals surface area (Å²) in [5.41, 5.74) is 1.95. The van der Waals surface area contributed by atoms with Gasteiger partial charge in [-0.2, -0.15) is 0 Å². The molecule has 0 bridgehead atoms. The van der Waals surface area contributed by atoms with Crippen molar-refractivity contribution in [2.24, 2.45) is 5.84 Å². The van der Waals surface area contributed by atoms with Crippen LogP contribution in [0.25, 0.3) is 0 Å². The minimum absolute atomic E-state index is 0.126. The number of carbonyl (C=O) groups is 1. The average molecular weight is 395 g/mol. The molecule has 0 radical (unpaired) electrons. The number of nitrogens with two attached hydrogens (primary N) is 1. The van der Waals surface area contributed by atoms with Crippen LogP contribution in [0, 0.1) is 0 Å². The summed E-state index contributed by atoms with van der Waals surface area (Å²) in [7, 11) is 0. The normalized spacial score (nSPS) is 22.5. The van der Waals surface area contributed by atoms with Crippen molar-refractivity contribution in [1.29, 1.82) is 0 Å². The molecular weight excluding hydrogens is 382 g/mol. The van der Waals surface area contributed by atoms with Crippen molar-refractivity contribution >= 4 is 37.8 Å². The zero-order chi connectivity index (χ0) is 14.0. The Bertz CT molecular complexity index is 546. The van der Waals surface area contributed by atoms with Crippen LogP contribution in [0.3, 0.4) is 0 Å². The number of rotatable bonds is 3. The number of hydrogen-bond donors (Lipinski definition) is 2. The third-order valence-electron chi connectivity index (χ3n) is 2.95. The highest BCUT2D eigenvalue weighted by Gasteiger charge is 2.30. The van der Waals surface area contributed by atoms with E-state index in [-0.39, 0.29) is 17.6 Å². The van der Waals surface area contributed by atoms with Gasteiger partial charge in [-0.25, -0.2) is 5.84 Å². The van der Waals surface area contributed by atoms with E-state index in [9.17, 15) is 9.59 Å². The van der Waals surface area contributed by atoms with E-state index >= 15 is 0 Å². The predicted octanol–water partition coefficient (Wildman–Crippen LogP) is 0.911. The largest absolute Gasteiger partial charge is 0.363 e. The number of carbonyl (C=O) groups excluding carboxylic acids is 1. The lowest BCUT2D eigenvalue weighted by Gasteiger charge is -2.14. The number of nitrogens with one attached hydrogen (secondary N) is 1. The summed E-state index contributed by atoms with van der Waals surface area (Å²) in [5, 5.41) is 0. The van der Waals surface area contributed by atoms with E-state index in [0.717, 1.165) is 4.47 Å². The summed E-state index contributed by atoms with van der Waals surface area (Å²) in [6, 6.07) is 1.69. The molecule has 1 saturated heterocycles. The van der Waals surface area contributed by atoms with Crippen molar-refractivity contribution in [3.8, 4) is 0 Å². The Morgan fingerprint density at radius 3 is 2.95 bits per heavy atom. The smallest absolute Gasteiger partial charge is 0.264 e. The van der Waals surface area contributed by atoms with Gasteiger partial charge in [0.05, 0.1) is 17.1 Å². The van der Waals surface area contributed by atoms with E-state index in [2.05, 4.69) is 37.3 Å². The third kappa shape index (κ3) is 3.44. The van der Waals surface area contributed by atoms with Crippen molar-refractivity contribution in [1.82, 2.24) is 9.99 Å². The Hall–Kier alpha value is -0.700. The number of hydrazine groups is 1. The van der Waals surface area contributed by atoms with Crippen molar-refractivity contribution in [3.63, 3.8) is 0 Å². The monoisotopic (exact) mass is 393 g/mol. The van der Waals surface area contributed by atoms with Crippen LogP contribution >= 0.6 is 31.9 Å². The molecule has 19 heavy (non-hydrogen) atoms. The van der Waals surface area contributed by atoms with Crippen molar-refractivity contribution in [2.45, 2.75) is 31.6 Å². The van der Waals surface area contributed by atoms with Crippen LogP contribution in [0.1, 0.15) is 12.8 Å². The lowest BCUT2D eigenvalue weighted by atomic mass is 10.2. The summed E-state index contributed by atoms with van der Waals surface area (Å²) in [6.07, 6.45) is 2.33. The van der Waals surface area contributed by atoms with E-state index in [1.165, 1.54) is 0 Å². The maximum Gasteiger partial charge on any atom is 0.264 e. The van der Waals surface area contributed by atoms with Crippen LogP contribution in [-0.2, 0) is 16.1 Å². The van der Waals surface area contributed by atoms with Crippen LogP contribution in [0.2, 0.25) is 0 Å². The van der Waals surface area contributed by atoms with Crippen LogP contribution in [0.5, 0.6) is 0 Å². The molecule has 2 heterocycles. The van der Waals surface area contributed by atoms with Gasteiger partial charge in [0.25, 0.3) is 11.5 Å². The molecule has 3 N–H and O–H groups in total. The molecule has 6 nitrogen and oxygen atoms in total. The average Bonchev–Trinajstić information content (AvgIpc) is 2.83. The minimum Gasteiger partial charge on any atom is -0.363 e. The zero-order valence-corrected chi connectivity index (χ0v) is 13.1. The van der Waals surface area contributed by atoms with Crippen LogP contribution in [0.4, 0.5) is 0 Å². The number of halogens is 2. The molecule has 1 aliphatic heterocycles. The number of hydrogen-bond acceptors (Lipinski definition) is 4. The molecule has 1 aliphatic rings. The number of pyridine rings is 1. The summed E-state index contributed by atoms with van der Waals surface area (Å²) >= 11 is 6.54. The number of nitrogens with zero attached hydrogens (tertiary/aromatic N) is 1. The maximum absolute atomic E-state index is 11.9. The standard InChI is InChI=1S/C11H13Br2N3O3/c12-6-3-8(13)11(18)16(4-6)5-7-1-2-9(19-7)10(17)15-14/h3-4,7,9H,1-2,5,14H2,(H,15,17). The fourth-order valence-corrected chi connectivity index (χ4v) is 3.30. The molecule has 1 aromatic rings. The molecule has 0 aliphatic carbocycles. The highest BCUT2D eigenvalue weighted by molar-refractivity contribution is 9.11. The molecule has 1 amide bonds. The molecule has 8 heteroatoms. The van der Waals surface area contributed by atoms with E-state index < -0.39 is 6.10 Å². The Morgan fingerprint density at radius 2 is 2.26 bits per heavy atom. The highest BCUT2D eigenvalue weighted by Crippen LogP contribution is 2.21. The quantitative estimate of drug-likeness (QED) is 0.453. The summed E-state index contributed by atoms with van der Waals surface area (Å²) in [6.45, 7) is 0.408. The summed E-state index contributed by atoms with van der Waals surface area (Å²) < 4.78 is 8.41. The summed E-state index contributed by atoms with van der Waals surface area (Å²) in [4.78, 5) is 23.3. The minimum atomic E-state index is -0.527. The van der Waals surface area contributed by atoms with Gasteiger partial charge in [0, 0.05) is 10.7 Å². The predicted molar refractivity (Wildman–Crippen MR) is 76.3 cm³/mol. The Labute approximate surface area is 126 Å². The molecule has 0 spiro atoms. The Kier molecular flexibility index (Phi) is 4.77. The van der Waals surface area contributed by atoms with Gasteiger partial charge in [-0.3, -0.25) is 15.0 Å². The third-order valence-corrected chi connectivity index (χ3v) is 3.95. The van der Waals surface area contributed by atoms with Gasteiger partial charge in [0.2, 0.25) is 0 Å². The van der Waals surface area contributed by atoms with Crippen molar-refractivity contribution in [3.05, 3.63) is 31.6 Å². The second kappa shape index (κ2) is 6.17. The van der Waals surface area contributed by atoms with E-state index in [1.54, 1.807) is 16.8 Å². The van der Waals surface area contributed by atoms with Crippen molar-refractivity contribution < 1.29 is 9.53 Å². The number of ether oxygens (including phenoxy) is 1. The van der Waals surface area contributed by atoms with E-state index in [4.69, 9.17) is 10.6 Å². The molecule has 104 valence electrons. The lowest BCUT2D eigenvalue weighted by molar-refractivity contribution is -0.132. The van der Waals surface area contributed by atoms with Gasteiger partial charge in [0.15, 0.2) is 0 Å². The molecule has 1 fully saturated rings. The fourth-order valence-electron chi connectivity index (χ4n) is 2.05. The molecule has 0 aromatic carbocycles. The summed E-state index contributed by atoms with van der Waals surface area (Å²) in [5.74, 6) is 4.74. The van der Waals surface area contributed by atoms with Gasteiger partial charge < -0.3 is 9.30 Å². The second-order valence-electron chi connectivity index (χ2n) is 4.30. The van der Waals surface area contributed by atoms with Gasteiger partial charge in [-0.1, -0.05) is 0 Å². The molecule has 2 rings (SSSR count). The van der Waals surface area contributed by atoms with Gasteiger partial charge in [0.1, 0.15) is 6.10 Å². The first-order valence-corrected chi connectivity index (χ1v) is 7.31. The second-order valence-corrected chi connectivity index (χ2v) is 6.07. The Morgan fingerprint density at radius 1 is 1.53 bits per heavy atom. The Balaban J connectivity index is 2.07. The van der Waals surface area contributed by atoms with Crippen LogP contribution in [-0.4, -0.2) is 22.7 Å². The molecule has 2 unspecified atom stereocenters. The van der Waals surface area contributed by atoms with Gasteiger partial charge in [-0.15, -0.1) is 0 Å². The van der Waals surface area contributed by atoms with Gasteiger partial charge >= 0.3 is 0 Å². The van der Waals surface area contributed by atoms with Crippen molar-refractivity contribution in [2.75, 3.05) is 0 Å². The molecule has 2 atom stereocenters. The molecule has 1 aromatic heterocycles. The van der Waals surface area contributed by atoms with Gasteiger partial charge in [-0.05, 0) is 50.8 Å². The van der Waals surface area contributed by atoms with E-state index in [1.807, 2.05) is 0 Å². The molecule has 0 saturated carbocycles. The number of amides is 1. The SMILES string of the molecule is NNC(=O)C1CCC(Cn2cc(Br)cc(Br)c2=O)O1. The van der Waals surface area contributed by atoms with E-state index in [0.29, 0.717) is 23.9 Å². The maximum atomic E-state index is 11.9. The highest BCUT2D eigenvalue weighted by atomic mass is 79.9.